The first-order chi connectivity index (χ1) is 7.70. The van der Waals surface area contributed by atoms with Crippen molar-refractivity contribution in [2.75, 3.05) is 6.61 Å². The van der Waals surface area contributed by atoms with Gasteiger partial charge in [-0.2, -0.15) is 0 Å². The summed E-state index contributed by atoms with van der Waals surface area (Å²) >= 11 is 3.00. The van der Waals surface area contributed by atoms with E-state index in [1.165, 1.54) is 51.4 Å². The highest BCUT2D eigenvalue weighted by Crippen LogP contribution is 2.18. The lowest BCUT2D eigenvalue weighted by molar-refractivity contribution is -0.0437. The number of rotatable bonds is 11. The number of unbranched alkanes of at least 4 members (excludes halogenated alkanes) is 4. The van der Waals surface area contributed by atoms with E-state index in [9.17, 15) is 0 Å². The minimum absolute atomic E-state index is 0.615. The van der Waals surface area contributed by atoms with Crippen molar-refractivity contribution in [3.63, 3.8) is 0 Å². The van der Waals surface area contributed by atoms with Gasteiger partial charge in [-0.1, -0.05) is 52.4 Å². The molecule has 1 N–H and O–H groups in total. The van der Waals surface area contributed by atoms with Crippen LogP contribution < -0.4 is 0 Å². The van der Waals surface area contributed by atoms with E-state index in [2.05, 4.69) is 29.8 Å². The summed E-state index contributed by atoms with van der Waals surface area (Å²) in [4.78, 5) is 0. The molecule has 0 saturated carbocycles. The quantitative estimate of drug-likeness (QED) is 0.346. The molecule has 0 bridgehead atoms. The molecule has 0 heterocycles. The van der Waals surface area contributed by atoms with Crippen LogP contribution in [0.2, 0.25) is 0 Å². The molecule has 0 aliphatic rings. The summed E-state index contributed by atoms with van der Waals surface area (Å²) in [5, 5.41) is 8.23. The van der Waals surface area contributed by atoms with Crippen molar-refractivity contribution in [1.29, 1.82) is 0 Å². The Bertz CT molecular complexity index is 140. The number of aliphatic hydroxyl groups is 1. The van der Waals surface area contributed by atoms with Crippen LogP contribution in [0.3, 0.4) is 0 Å². The first-order valence-electron chi connectivity index (χ1n) is 6.64. The van der Waals surface area contributed by atoms with Gasteiger partial charge < -0.3 is 9.84 Å². The molecule has 0 fully saturated rings. The van der Waals surface area contributed by atoms with Crippen LogP contribution in [0.15, 0.2) is 0 Å². The number of alkyl halides is 1. The molecular weight excluding hydrogens is 268 g/mol. The summed E-state index contributed by atoms with van der Waals surface area (Å²) in [6, 6.07) is 0. The SMILES string of the molecule is CCCCCCC(CCCC)COC(O)Br. The van der Waals surface area contributed by atoms with E-state index in [4.69, 9.17) is 9.84 Å². The number of aliphatic hydroxyl groups excluding tert-OH is 1. The van der Waals surface area contributed by atoms with Crippen LogP contribution in [0.4, 0.5) is 0 Å². The molecule has 0 spiro atoms. The molecule has 2 unspecified atom stereocenters. The monoisotopic (exact) mass is 294 g/mol. The maximum Gasteiger partial charge on any atom is 0.212 e. The zero-order chi connectivity index (χ0) is 12.2. The third kappa shape index (κ3) is 10.9. The molecule has 0 saturated heterocycles. The van der Waals surface area contributed by atoms with Crippen LogP contribution in [-0.4, -0.2) is 16.9 Å². The van der Waals surface area contributed by atoms with Crippen LogP contribution >= 0.6 is 15.9 Å². The Balaban J connectivity index is 3.62. The fourth-order valence-corrected chi connectivity index (χ4v) is 2.03. The lowest BCUT2D eigenvalue weighted by Crippen LogP contribution is -2.14. The van der Waals surface area contributed by atoms with Gasteiger partial charge in [0, 0.05) is 0 Å². The minimum Gasteiger partial charge on any atom is -0.359 e. The molecule has 16 heavy (non-hydrogen) atoms. The fourth-order valence-electron chi connectivity index (χ4n) is 1.88. The van der Waals surface area contributed by atoms with Crippen LogP contribution in [0.25, 0.3) is 0 Å². The molecule has 0 aliphatic heterocycles. The summed E-state index contributed by atoms with van der Waals surface area (Å²) < 4.78 is 5.23. The second-order valence-corrected chi connectivity index (χ2v) is 5.27. The molecule has 3 heteroatoms. The van der Waals surface area contributed by atoms with E-state index in [0.29, 0.717) is 12.5 Å². The molecular formula is C13H27BrO2. The molecule has 0 aromatic heterocycles. The van der Waals surface area contributed by atoms with Gasteiger partial charge in [-0.25, -0.2) is 0 Å². The zero-order valence-corrected chi connectivity index (χ0v) is 12.3. The van der Waals surface area contributed by atoms with Gasteiger partial charge in [0.2, 0.25) is 5.20 Å². The molecule has 0 rings (SSSR count). The molecule has 0 aromatic carbocycles. The summed E-state index contributed by atoms with van der Waals surface area (Å²) in [6.45, 7) is 5.13. The number of hydrogen-bond donors (Lipinski definition) is 1. The first kappa shape index (κ1) is 16.4. The van der Waals surface area contributed by atoms with Crippen molar-refractivity contribution < 1.29 is 9.84 Å². The number of halogens is 1. The Morgan fingerprint density at radius 1 is 1.00 bits per heavy atom. The largest absolute Gasteiger partial charge is 0.359 e. The van der Waals surface area contributed by atoms with Gasteiger partial charge in [-0.3, -0.25) is 0 Å². The lowest BCUT2D eigenvalue weighted by atomic mass is 9.96. The van der Waals surface area contributed by atoms with Gasteiger partial charge in [-0.15, -0.1) is 0 Å². The average molecular weight is 295 g/mol. The molecule has 0 aromatic rings. The third-order valence-corrected chi connectivity index (χ3v) is 3.17. The topological polar surface area (TPSA) is 29.5 Å². The average Bonchev–Trinajstić information content (AvgIpc) is 2.26. The number of ether oxygens (including phenoxy) is 1. The maximum absolute atomic E-state index is 9.03. The van der Waals surface area contributed by atoms with Crippen LogP contribution in [0, 0.1) is 5.92 Å². The Morgan fingerprint density at radius 2 is 1.62 bits per heavy atom. The normalized spacial score (nSPS) is 15.0. The number of hydrogen-bond acceptors (Lipinski definition) is 2. The molecule has 2 nitrogen and oxygen atoms in total. The Morgan fingerprint density at radius 3 is 2.19 bits per heavy atom. The van der Waals surface area contributed by atoms with E-state index >= 15 is 0 Å². The smallest absolute Gasteiger partial charge is 0.212 e. The second-order valence-electron chi connectivity index (χ2n) is 4.48. The van der Waals surface area contributed by atoms with Crippen LogP contribution in [0.1, 0.15) is 65.2 Å². The van der Waals surface area contributed by atoms with Gasteiger partial charge >= 0.3 is 0 Å². The molecule has 98 valence electrons. The van der Waals surface area contributed by atoms with Gasteiger partial charge in [0.15, 0.2) is 0 Å². The highest BCUT2D eigenvalue weighted by atomic mass is 79.9. The predicted molar refractivity (Wildman–Crippen MR) is 72.7 cm³/mol. The molecule has 2 atom stereocenters. The fraction of sp³-hybridized carbons (Fsp3) is 1.00. The standard InChI is InChI=1S/C13H27BrO2/c1-3-5-7-8-10-12(9-6-4-2)11-16-13(14)15/h12-13,15H,3-11H2,1-2H3. The predicted octanol–water partition coefficient (Wildman–Crippen LogP) is 4.45. The van der Waals surface area contributed by atoms with Crippen molar-refractivity contribution in [2.45, 2.75) is 70.4 Å². The van der Waals surface area contributed by atoms with Crippen molar-refractivity contribution >= 4 is 15.9 Å². The first-order valence-corrected chi connectivity index (χ1v) is 7.56. The van der Waals surface area contributed by atoms with E-state index in [-0.39, 0.29) is 0 Å². The van der Waals surface area contributed by atoms with Crippen LogP contribution in [0.5, 0.6) is 0 Å². The zero-order valence-electron chi connectivity index (χ0n) is 10.8. The summed E-state index contributed by atoms with van der Waals surface area (Å²) in [5.41, 5.74) is 0. The summed E-state index contributed by atoms with van der Waals surface area (Å²) in [5.74, 6) is 0.615. The lowest BCUT2D eigenvalue weighted by Gasteiger charge is -2.17. The maximum atomic E-state index is 9.03. The van der Waals surface area contributed by atoms with Gasteiger partial charge in [-0.05, 0) is 34.7 Å². The van der Waals surface area contributed by atoms with Crippen molar-refractivity contribution in [2.24, 2.45) is 5.92 Å². The minimum atomic E-state index is -0.799. The molecule has 0 aliphatic carbocycles. The van der Waals surface area contributed by atoms with Gasteiger partial charge in [0.1, 0.15) is 0 Å². The van der Waals surface area contributed by atoms with Gasteiger partial charge in [0.25, 0.3) is 0 Å². The molecule has 0 radical (unpaired) electrons. The van der Waals surface area contributed by atoms with Crippen LogP contribution in [-0.2, 0) is 4.74 Å². The highest BCUT2D eigenvalue weighted by Gasteiger charge is 2.10. The highest BCUT2D eigenvalue weighted by molar-refractivity contribution is 9.09. The van der Waals surface area contributed by atoms with Crippen molar-refractivity contribution in [3.8, 4) is 0 Å². The van der Waals surface area contributed by atoms with E-state index < -0.39 is 5.20 Å². The molecule has 0 amide bonds. The third-order valence-electron chi connectivity index (χ3n) is 2.90. The van der Waals surface area contributed by atoms with Crippen molar-refractivity contribution in [3.05, 3.63) is 0 Å². The van der Waals surface area contributed by atoms with E-state index in [1.54, 1.807) is 0 Å². The summed E-state index contributed by atoms with van der Waals surface area (Å²) in [6.07, 6.45) is 10.2. The Kier molecular flexibility index (Phi) is 12.2. The summed E-state index contributed by atoms with van der Waals surface area (Å²) in [7, 11) is 0. The Hall–Kier alpha value is 0.400. The van der Waals surface area contributed by atoms with Gasteiger partial charge in [0.05, 0.1) is 6.61 Å². The van der Waals surface area contributed by atoms with E-state index in [0.717, 1.165) is 0 Å². The second kappa shape index (κ2) is 11.9. The Labute approximate surface area is 109 Å². The van der Waals surface area contributed by atoms with E-state index in [1.807, 2.05) is 0 Å². The van der Waals surface area contributed by atoms with Crippen molar-refractivity contribution in [1.82, 2.24) is 0 Å².